The van der Waals surface area contributed by atoms with Crippen LogP contribution in [0.15, 0.2) is 0 Å². The van der Waals surface area contributed by atoms with Gasteiger partial charge in [0.15, 0.2) is 0 Å². The monoisotopic (exact) mass is 388 g/mol. The van der Waals surface area contributed by atoms with Crippen molar-refractivity contribution in [2.75, 3.05) is 6.61 Å². The van der Waals surface area contributed by atoms with E-state index in [0.29, 0.717) is 12.8 Å². The van der Waals surface area contributed by atoms with Gasteiger partial charge < -0.3 is 14.0 Å². The molecule has 0 aromatic heterocycles. The quantitative estimate of drug-likeness (QED) is 0.310. The summed E-state index contributed by atoms with van der Waals surface area (Å²) in [6.07, 6.45) is -1.35. The average molecular weight is 388 g/mol. The van der Waals surface area contributed by atoms with Gasteiger partial charge in [0.25, 0.3) is 0 Å². The molecule has 0 radical (unpaired) electrons. The Bertz CT molecular complexity index is 612. The lowest BCUT2D eigenvalue weighted by atomic mass is 9.82. The highest BCUT2D eigenvalue weighted by Crippen LogP contribution is 2.57. The summed E-state index contributed by atoms with van der Waals surface area (Å²) in [5.41, 5.74) is 0. The molecule has 1 N–H and O–H groups in total. The summed E-state index contributed by atoms with van der Waals surface area (Å²) in [4.78, 5) is 23.7. The van der Waals surface area contributed by atoms with Gasteiger partial charge in [0.2, 0.25) is 11.1 Å². The third-order valence-electron chi connectivity index (χ3n) is 5.28. The van der Waals surface area contributed by atoms with Gasteiger partial charge in [-0.05, 0) is 25.2 Å². The highest BCUT2D eigenvalue weighted by atomic mass is 32.2. The van der Waals surface area contributed by atoms with Gasteiger partial charge in [0.05, 0.1) is 18.4 Å². The minimum absolute atomic E-state index is 0.0161. The second-order valence-corrected chi connectivity index (χ2v) is 7.68. The van der Waals surface area contributed by atoms with Gasteiger partial charge in [0.1, 0.15) is 6.10 Å². The van der Waals surface area contributed by atoms with Gasteiger partial charge >= 0.3 is 23.1 Å². The van der Waals surface area contributed by atoms with E-state index >= 15 is 0 Å². The number of carbonyl (C=O) groups is 2. The molecule has 3 fully saturated rings. The van der Waals surface area contributed by atoms with Crippen LogP contribution in [-0.4, -0.2) is 44.6 Å². The SMILES string of the molecule is O=C1OC2C3CC(CC13)C2C(=O)OCCCC(F)(F)C(F)(F)S(=O)O. The van der Waals surface area contributed by atoms with Gasteiger partial charge in [-0.3, -0.25) is 9.59 Å². The molecule has 3 rings (SSSR count). The third-order valence-corrected chi connectivity index (χ3v) is 6.02. The molecule has 2 saturated carbocycles. The number of halogens is 4. The highest BCUT2D eigenvalue weighted by Gasteiger charge is 2.64. The Labute approximate surface area is 142 Å². The minimum Gasteiger partial charge on any atom is -0.465 e. The maximum Gasteiger partial charge on any atom is 0.406 e. The largest absolute Gasteiger partial charge is 0.465 e. The van der Waals surface area contributed by atoms with E-state index in [-0.39, 0.29) is 23.7 Å². The number of alkyl halides is 4. The zero-order valence-corrected chi connectivity index (χ0v) is 13.6. The Morgan fingerprint density at radius 1 is 1.32 bits per heavy atom. The van der Waals surface area contributed by atoms with Crippen molar-refractivity contribution < 1.29 is 45.4 Å². The van der Waals surface area contributed by atoms with E-state index < -0.39 is 59.7 Å². The average Bonchev–Trinajstić information content (AvgIpc) is 3.13. The first kappa shape index (κ1) is 18.6. The van der Waals surface area contributed by atoms with E-state index in [9.17, 15) is 31.4 Å². The molecule has 1 aliphatic heterocycles. The van der Waals surface area contributed by atoms with E-state index in [1.54, 1.807) is 0 Å². The number of hydrogen-bond donors (Lipinski definition) is 1. The Hall–Kier alpha value is -1.23. The number of ether oxygens (including phenoxy) is 2. The van der Waals surface area contributed by atoms with Crippen LogP contribution in [0, 0.1) is 23.7 Å². The summed E-state index contributed by atoms with van der Waals surface area (Å²) in [5, 5.41) is -5.07. The van der Waals surface area contributed by atoms with Crippen LogP contribution in [-0.2, 0) is 30.1 Å². The highest BCUT2D eigenvalue weighted by molar-refractivity contribution is 7.80. The summed E-state index contributed by atoms with van der Waals surface area (Å²) >= 11 is -4.01. The molecular formula is C14H16F4O6S. The van der Waals surface area contributed by atoms with E-state index in [4.69, 9.17) is 14.0 Å². The predicted octanol–water partition coefficient (Wildman–Crippen LogP) is 1.96. The first-order chi connectivity index (χ1) is 11.6. The van der Waals surface area contributed by atoms with Crippen molar-refractivity contribution >= 4 is 23.0 Å². The topological polar surface area (TPSA) is 89.9 Å². The summed E-state index contributed by atoms with van der Waals surface area (Å²) in [7, 11) is 0. The molecule has 0 aromatic carbocycles. The molecule has 6 nitrogen and oxygen atoms in total. The van der Waals surface area contributed by atoms with Crippen molar-refractivity contribution in [1.29, 1.82) is 0 Å². The van der Waals surface area contributed by atoms with Crippen LogP contribution < -0.4 is 0 Å². The maximum absolute atomic E-state index is 13.3. The van der Waals surface area contributed by atoms with Gasteiger partial charge in [-0.2, -0.15) is 17.6 Å². The van der Waals surface area contributed by atoms with Crippen molar-refractivity contribution in [2.45, 2.75) is 43.0 Å². The Morgan fingerprint density at radius 3 is 2.64 bits per heavy atom. The Kier molecular flexibility index (Phi) is 4.59. The molecule has 2 bridgehead atoms. The molecule has 6 atom stereocenters. The standard InChI is InChI=1S/C14H16F4O6S/c15-13(16,14(17,18)25(21)22)2-1-3-23-12(20)9-6-4-7-8(5-6)11(19)24-10(7)9/h6-10H,1-5H2,(H,21,22). The van der Waals surface area contributed by atoms with Crippen molar-refractivity contribution in [3.8, 4) is 0 Å². The first-order valence-electron chi connectivity index (χ1n) is 7.80. The molecule has 2 aliphatic carbocycles. The molecule has 3 aliphatic rings. The molecule has 142 valence electrons. The normalized spacial score (nSPS) is 34.9. The maximum atomic E-state index is 13.3. The lowest BCUT2D eigenvalue weighted by Crippen LogP contribution is -2.44. The van der Waals surface area contributed by atoms with Crippen LogP contribution in [0.1, 0.15) is 25.7 Å². The van der Waals surface area contributed by atoms with Crippen LogP contribution in [0.25, 0.3) is 0 Å². The number of rotatable bonds is 7. The molecule has 0 spiro atoms. The fourth-order valence-corrected chi connectivity index (χ4v) is 4.48. The van der Waals surface area contributed by atoms with E-state index in [1.165, 1.54) is 0 Å². The molecule has 6 unspecified atom stereocenters. The van der Waals surface area contributed by atoms with Crippen molar-refractivity contribution in [3.05, 3.63) is 0 Å². The smallest absolute Gasteiger partial charge is 0.406 e. The van der Waals surface area contributed by atoms with E-state index in [2.05, 4.69) is 0 Å². The molecule has 1 heterocycles. The molecular weight excluding hydrogens is 372 g/mol. The Balaban J connectivity index is 1.48. The number of hydrogen-bond acceptors (Lipinski definition) is 5. The lowest BCUT2D eigenvalue weighted by Gasteiger charge is -2.24. The van der Waals surface area contributed by atoms with Gasteiger partial charge in [-0.1, -0.05) is 0 Å². The van der Waals surface area contributed by atoms with Crippen LogP contribution >= 0.6 is 0 Å². The molecule has 1 saturated heterocycles. The summed E-state index contributed by atoms with van der Waals surface area (Å²) in [5.74, 6) is -6.60. The zero-order chi connectivity index (χ0) is 18.6. The van der Waals surface area contributed by atoms with Crippen molar-refractivity contribution in [3.63, 3.8) is 0 Å². The minimum atomic E-state index is -5.07. The lowest BCUT2D eigenvalue weighted by molar-refractivity contribution is -0.167. The predicted molar refractivity (Wildman–Crippen MR) is 73.9 cm³/mol. The summed E-state index contributed by atoms with van der Waals surface area (Å²) in [6, 6.07) is 0. The van der Waals surface area contributed by atoms with E-state index in [1.807, 2.05) is 0 Å². The van der Waals surface area contributed by atoms with Gasteiger partial charge in [-0.25, -0.2) is 4.21 Å². The van der Waals surface area contributed by atoms with Gasteiger partial charge in [-0.15, -0.1) is 0 Å². The van der Waals surface area contributed by atoms with Gasteiger partial charge in [0, 0.05) is 12.3 Å². The zero-order valence-electron chi connectivity index (χ0n) is 12.8. The summed E-state index contributed by atoms with van der Waals surface area (Å²) < 4.78 is 81.0. The second kappa shape index (κ2) is 6.19. The van der Waals surface area contributed by atoms with Crippen LogP contribution in [0.4, 0.5) is 17.6 Å². The molecule has 25 heavy (non-hydrogen) atoms. The van der Waals surface area contributed by atoms with Crippen LogP contribution in [0.2, 0.25) is 0 Å². The first-order valence-corrected chi connectivity index (χ1v) is 8.90. The summed E-state index contributed by atoms with van der Waals surface area (Å²) in [6.45, 7) is -0.527. The van der Waals surface area contributed by atoms with Crippen LogP contribution in [0.5, 0.6) is 0 Å². The molecule has 11 heteroatoms. The van der Waals surface area contributed by atoms with Crippen molar-refractivity contribution in [1.82, 2.24) is 0 Å². The van der Waals surface area contributed by atoms with Crippen LogP contribution in [0.3, 0.4) is 0 Å². The number of fused-ring (bicyclic) bond motifs is 1. The molecule has 0 aromatic rings. The van der Waals surface area contributed by atoms with E-state index in [0.717, 1.165) is 0 Å². The molecule has 0 amide bonds. The fourth-order valence-electron chi connectivity index (χ4n) is 4.12. The van der Waals surface area contributed by atoms with Crippen molar-refractivity contribution in [2.24, 2.45) is 23.7 Å². The fraction of sp³-hybridized carbons (Fsp3) is 0.857. The third kappa shape index (κ3) is 2.94. The number of carbonyl (C=O) groups excluding carboxylic acids is 2. The number of esters is 2. The Morgan fingerprint density at radius 2 is 2.00 bits per heavy atom. The second-order valence-electron chi connectivity index (χ2n) is 6.67.